The van der Waals surface area contributed by atoms with Crippen molar-refractivity contribution in [3.63, 3.8) is 0 Å². The lowest BCUT2D eigenvalue weighted by Gasteiger charge is -2.32. The Hall–Kier alpha value is -1.20. The molecule has 0 radical (unpaired) electrons. The fourth-order valence-electron chi connectivity index (χ4n) is 2.01. The van der Waals surface area contributed by atoms with E-state index >= 15 is 0 Å². The summed E-state index contributed by atoms with van der Waals surface area (Å²) in [4.78, 5) is 11.0. The summed E-state index contributed by atoms with van der Waals surface area (Å²) in [5, 5.41) is 2.06. The second-order valence-corrected chi connectivity index (χ2v) is 4.88. The van der Waals surface area contributed by atoms with Crippen molar-refractivity contribution in [2.45, 2.75) is 13.0 Å². The van der Waals surface area contributed by atoms with E-state index in [1.807, 2.05) is 6.07 Å². The van der Waals surface area contributed by atoms with Gasteiger partial charge in [0.05, 0.1) is 22.9 Å². The molecule has 4 nitrogen and oxygen atoms in total. The van der Waals surface area contributed by atoms with Crippen molar-refractivity contribution < 1.29 is 4.74 Å². The largest absolute Gasteiger partial charge is 0.375 e. The first-order valence-electron chi connectivity index (χ1n) is 5.39. The number of fused-ring (bicyclic) bond motifs is 1. The van der Waals surface area contributed by atoms with Gasteiger partial charge in [-0.3, -0.25) is 0 Å². The van der Waals surface area contributed by atoms with Crippen molar-refractivity contribution in [3.05, 3.63) is 17.8 Å². The Bertz CT molecular complexity index is 499. The van der Waals surface area contributed by atoms with Gasteiger partial charge in [-0.05, 0) is 18.4 Å². The third kappa shape index (κ3) is 1.66. The van der Waals surface area contributed by atoms with Gasteiger partial charge in [0.1, 0.15) is 12.1 Å². The summed E-state index contributed by atoms with van der Waals surface area (Å²) in [6.45, 7) is 4.69. The fourth-order valence-corrected chi connectivity index (χ4v) is 2.87. The molecule has 0 bridgehead atoms. The molecule has 0 aliphatic carbocycles. The van der Waals surface area contributed by atoms with Crippen LogP contribution in [0.3, 0.4) is 0 Å². The highest BCUT2D eigenvalue weighted by atomic mass is 32.1. The van der Waals surface area contributed by atoms with E-state index in [0.29, 0.717) is 0 Å². The van der Waals surface area contributed by atoms with Crippen LogP contribution in [0.15, 0.2) is 17.8 Å². The molecule has 0 N–H and O–H groups in total. The molecule has 0 unspecified atom stereocenters. The van der Waals surface area contributed by atoms with Gasteiger partial charge in [-0.2, -0.15) is 0 Å². The van der Waals surface area contributed by atoms with Crippen LogP contribution in [0.2, 0.25) is 0 Å². The van der Waals surface area contributed by atoms with Crippen LogP contribution in [-0.4, -0.2) is 35.8 Å². The lowest BCUT2D eigenvalue weighted by Crippen LogP contribution is -2.41. The maximum atomic E-state index is 5.54. The second kappa shape index (κ2) is 3.99. The van der Waals surface area contributed by atoms with Crippen LogP contribution in [0, 0.1) is 0 Å². The fraction of sp³-hybridized carbons (Fsp3) is 0.455. The van der Waals surface area contributed by atoms with Crippen LogP contribution in [0.1, 0.15) is 6.92 Å². The third-order valence-electron chi connectivity index (χ3n) is 2.76. The topological polar surface area (TPSA) is 38.2 Å². The van der Waals surface area contributed by atoms with E-state index in [4.69, 9.17) is 4.74 Å². The van der Waals surface area contributed by atoms with Gasteiger partial charge in [0.25, 0.3) is 0 Å². The van der Waals surface area contributed by atoms with E-state index in [0.717, 1.165) is 31.0 Å². The molecule has 1 aliphatic heterocycles. The van der Waals surface area contributed by atoms with Gasteiger partial charge in [0.2, 0.25) is 0 Å². The second-order valence-electron chi connectivity index (χ2n) is 3.96. The minimum atomic E-state index is 0.277. The standard InChI is InChI=1S/C11H13N3OS/c1-8-6-14(3-4-15-8)11-10-9(2-5-16-10)12-7-13-11/h2,5,7-8H,3-4,6H2,1H3/t8-/m1/s1. The van der Waals surface area contributed by atoms with E-state index in [-0.39, 0.29) is 6.10 Å². The molecule has 2 aromatic heterocycles. The van der Waals surface area contributed by atoms with E-state index in [1.165, 1.54) is 4.70 Å². The Morgan fingerprint density at radius 3 is 3.31 bits per heavy atom. The normalized spacial score (nSPS) is 21.6. The Morgan fingerprint density at radius 1 is 1.50 bits per heavy atom. The van der Waals surface area contributed by atoms with Crippen LogP contribution in [0.5, 0.6) is 0 Å². The van der Waals surface area contributed by atoms with E-state index in [2.05, 4.69) is 27.2 Å². The maximum Gasteiger partial charge on any atom is 0.150 e. The molecule has 3 rings (SSSR count). The van der Waals surface area contributed by atoms with Crippen molar-refractivity contribution in [2.24, 2.45) is 0 Å². The highest BCUT2D eigenvalue weighted by Gasteiger charge is 2.20. The molecule has 16 heavy (non-hydrogen) atoms. The highest BCUT2D eigenvalue weighted by Crippen LogP contribution is 2.28. The Balaban J connectivity index is 2.01. The zero-order chi connectivity index (χ0) is 11.0. The molecular weight excluding hydrogens is 222 g/mol. The molecule has 1 fully saturated rings. The smallest absolute Gasteiger partial charge is 0.150 e. The number of anilines is 1. The molecular formula is C11H13N3OS. The van der Waals surface area contributed by atoms with Crippen molar-refractivity contribution >= 4 is 27.4 Å². The van der Waals surface area contributed by atoms with Crippen LogP contribution >= 0.6 is 11.3 Å². The van der Waals surface area contributed by atoms with E-state index in [1.54, 1.807) is 17.7 Å². The molecule has 0 aromatic carbocycles. The van der Waals surface area contributed by atoms with Crippen LogP contribution in [0.4, 0.5) is 5.82 Å². The molecule has 5 heteroatoms. The van der Waals surface area contributed by atoms with Crippen LogP contribution < -0.4 is 4.90 Å². The quantitative estimate of drug-likeness (QED) is 0.757. The molecule has 3 heterocycles. The number of rotatable bonds is 1. The van der Waals surface area contributed by atoms with Crippen molar-refractivity contribution in [3.8, 4) is 0 Å². The maximum absolute atomic E-state index is 5.54. The van der Waals surface area contributed by atoms with Gasteiger partial charge in [-0.25, -0.2) is 9.97 Å². The monoisotopic (exact) mass is 235 g/mol. The molecule has 1 aliphatic rings. The summed E-state index contributed by atoms with van der Waals surface area (Å²) in [6, 6.07) is 2.04. The summed E-state index contributed by atoms with van der Waals surface area (Å²) < 4.78 is 6.72. The van der Waals surface area contributed by atoms with Gasteiger partial charge in [0, 0.05) is 13.1 Å². The number of hydrogen-bond acceptors (Lipinski definition) is 5. The predicted molar refractivity (Wildman–Crippen MR) is 65.0 cm³/mol. The number of thiophene rings is 1. The Morgan fingerprint density at radius 2 is 2.44 bits per heavy atom. The molecule has 0 amide bonds. The van der Waals surface area contributed by atoms with Gasteiger partial charge in [-0.1, -0.05) is 0 Å². The van der Waals surface area contributed by atoms with Crippen molar-refractivity contribution in [1.29, 1.82) is 0 Å². The van der Waals surface area contributed by atoms with E-state index < -0.39 is 0 Å². The minimum Gasteiger partial charge on any atom is -0.375 e. The Labute approximate surface area is 97.9 Å². The zero-order valence-electron chi connectivity index (χ0n) is 9.09. The first-order valence-corrected chi connectivity index (χ1v) is 6.27. The first-order chi connectivity index (χ1) is 7.84. The van der Waals surface area contributed by atoms with Gasteiger partial charge >= 0.3 is 0 Å². The molecule has 84 valence electrons. The third-order valence-corrected chi connectivity index (χ3v) is 3.66. The average Bonchev–Trinajstić information content (AvgIpc) is 2.76. The number of nitrogens with zero attached hydrogens (tertiary/aromatic N) is 3. The van der Waals surface area contributed by atoms with E-state index in [9.17, 15) is 0 Å². The summed E-state index contributed by atoms with van der Waals surface area (Å²) in [5.41, 5.74) is 1.04. The average molecular weight is 235 g/mol. The van der Waals surface area contributed by atoms with Gasteiger partial charge < -0.3 is 9.64 Å². The molecule has 2 aromatic rings. The molecule has 1 atom stereocenters. The molecule has 1 saturated heterocycles. The number of morpholine rings is 1. The highest BCUT2D eigenvalue weighted by molar-refractivity contribution is 7.17. The van der Waals surface area contributed by atoms with Crippen molar-refractivity contribution in [1.82, 2.24) is 9.97 Å². The number of ether oxygens (including phenoxy) is 1. The van der Waals surface area contributed by atoms with Gasteiger partial charge in [0.15, 0.2) is 0 Å². The number of aromatic nitrogens is 2. The Kier molecular flexibility index (Phi) is 2.49. The summed E-state index contributed by atoms with van der Waals surface area (Å²) >= 11 is 1.70. The molecule has 0 spiro atoms. The minimum absolute atomic E-state index is 0.277. The lowest BCUT2D eigenvalue weighted by molar-refractivity contribution is 0.0530. The summed E-state index contributed by atoms with van der Waals surface area (Å²) in [7, 11) is 0. The van der Waals surface area contributed by atoms with Crippen molar-refractivity contribution in [2.75, 3.05) is 24.6 Å². The summed E-state index contributed by atoms with van der Waals surface area (Å²) in [6.07, 6.45) is 1.92. The predicted octanol–water partition coefficient (Wildman–Crippen LogP) is 1.92. The van der Waals surface area contributed by atoms with Gasteiger partial charge in [-0.15, -0.1) is 11.3 Å². The van der Waals surface area contributed by atoms with Crippen LogP contribution in [-0.2, 0) is 4.74 Å². The number of hydrogen-bond donors (Lipinski definition) is 0. The first kappa shape index (κ1) is 9.99. The molecule has 0 saturated carbocycles. The SMILES string of the molecule is C[C@@H]1CN(c2ncnc3ccsc23)CCO1. The summed E-state index contributed by atoms with van der Waals surface area (Å²) in [5.74, 6) is 1.05. The lowest BCUT2D eigenvalue weighted by atomic mass is 10.3. The zero-order valence-corrected chi connectivity index (χ0v) is 9.91. The van der Waals surface area contributed by atoms with Crippen LogP contribution in [0.25, 0.3) is 10.2 Å².